The van der Waals surface area contributed by atoms with Gasteiger partial charge in [-0.1, -0.05) is 18.2 Å². The molecule has 0 aliphatic rings. The number of anilines is 1. The van der Waals surface area contributed by atoms with Crippen molar-refractivity contribution < 1.29 is 14.1 Å². The van der Waals surface area contributed by atoms with E-state index in [0.717, 1.165) is 5.69 Å². The second kappa shape index (κ2) is 5.83. The van der Waals surface area contributed by atoms with Gasteiger partial charge in [-0.25, -0.2) is 0 Å². The molecular weight excluding hydrogens is 260 g/mol. The van der Waals surface area contributed by atoms with Crippen molar-refractivity contribution in [2.24, 2.45) is 0 Å². The molecule has 1 amide bonds. The summed E-state index contributed by atoms with van der Waals surface area (Å²) in [6, 6.07) is 11.8. The van der Waals surface area contributed by atoms with Crippen LogP contribution in [0.15, 0.2) is 53.0 Å². The third-order valence-corrected chi connectivity index (χ3v) is 2.66. The van der Waals surface area contributed by atoms with Gasteiger partial charge in [-0.2, -0.15) is 0 Å². The van der Waals surface area contributed by atoms with E-state index in [4.69, 9.17) is 4.42 Å². The van der Waals surface area contributed by atoms with Crippen LogP contribution in [0.1, 0.15) is 5.76 Å². The molecule has 6 heteroatoms. The lowest BCUT2D eigenvalue weighted by molar-refractivity contribution is -0.402. The molecule has 0 unspecified atom stereocenters. The van der Waals surface area contributed by atoms with Crippen molar-refractivity contribution in [3.8, 4) is 0 Å². The van der Waals surface area contributed by atoms with E-state index >= 15 is 0 Å². The van der Waals surface area contributed by atoms with E-state index in [2.05, 4.69) is 0 Å². The molecule has 0 saturated carbocycles. The van der Waals surface area contributed by atoms with Crippen molar-refractivity contribution in [1.29, 1.82) is 0 Å². The number of carbonyl (C=O) groups excluding carboxylic acids is 1. The van der Waals surface area contributed by atoms with Crippen LogP contribution < -0.4 is 4.90 Å². The van der Waals surface area contributed by atoms with Gasteiger partial charge in [0.1, 0.15) is 10.7 Å². The normalized spacial score (nSPS) is 10.7. The molecule has 0 spiro atoms. The van der Waals surface area contributed by atoms with Crippen molar-refractivity contribution >= 4 is 23.6 Å². The summed E-state index contributed by atoms with van der Waals surface area (Å²) in [6.07, 6.45) is 2.70. The lowest BCUT2D eigenvalue weighted by Gasteiger charge is -2.14. The number of furan rings is 1. The predicted molar refractivity (Wildman–Crippen MR) is 74.2 cm³/mol. The molecular formula is C14H12N2O4. The van der Waals surface area contributed by atoms with E-state index in [1.165, 1.54) is 29.2 Å². The van der Waals surface area contributed by atoms with Crippen molar-refractivity contribution in [3.05, 3.63) is 64.4 Å². The first-order valence-corrected chi connectivity index (χ1v) is 5.83. The number of rotatable bonds is 4. The molecule has 0 aliphatic heterocycles. The maximum atomic E-state index is 11.9. The Morgan fingerprint density at radius 3 is 2.55 bits per heavy atom. The van der Waals surface area contributed by atoms with Gasteiger partial charge in [0.2, 0.25) is 0 Å². The quantitative estimate of drug-likeness (QED) is 0.487. The number of amides is 1. The summed E-state index contributed by atoms with van der Waals surface area (Å²) in [4.78, 5) is 23.2. The molecule has 0 N–H and O–H groups in total. The average Bonchev–Trinajstić information content (AvgIpc) is 2.94. The Labute approximate surface area is 115 Å². The Hall–Kier alpha value is -2.89. The predicted octanol–water partition coefficient (Wildman–Crippen LogP) is 2.86. The van der Waals surface area contributed by atoms with Gasteiger partial charge in [0, 0.05) is 18.8 Å². The van der Waals surface area contributed by atoms with E-state index < -0.39 is 4.92 Å². The maximum absolute atomic E-state index is 11.9. The highest BCUT2D eigenvalue weighted by atomic mass is 16.6. The van der Waals surface area contributed by atoms with Gasteiger partial charge in [-0.15, -0.1) is 0 Å². The summed E-state index contributed by atoms with van der Waals surface area (Å²) in [5.74, 6) is -0.352. The molecule has 0 fully saturated rings. The number of benzene rings is 1. The smallest absolute Gasteiger partial charge is 0.401 e. The zero-order valence-electron chi connectivity index (χ0n) is 10.7. The Balaban J connectivity index is 2.07. The average molecular weight is 272 g/mol. The van der Waals surface area contributed by atoms with Gasteiger partial charge in [0.25, 0.3) is 5.91 Å². The molecule has 1 aromatic carbocycles. The fourth-order valence-corrected chi connectivity index (χ4v) is 1.57. The molecule has 1 aromatic heterocycles. The van der Waals surface area contributed by atoms with Crippen LogP contribution in [0.25, 0.3) is 6.08 Å². The number of nitro groups is 1. The molecule has 20 heavy (non-hydrogen) atoms. The summed E-state index contributed by atoms with van der Waals surface area (Å²) < 4.78 is 4.92. The minimum Gasteiger partial charge on any atom is -0.401 e. The van der Waals surface area contributed by atoms with E-state index in [1.807, 2.05) is 30.3 Å². The van der Waals surface area contributed by atoms with E-state index in [0.29, 0.717) is 0 Å². The van der Waals surface area contributed by atoms with E-state index in [-0.39, 0.29) is 17.6 Å². The second-order valence-corrected chi connectivity index (χ2v) is 4.00. The summed E-state index contributed by atoms with van der Waals surface area (Å²) in [6.45, 7) is 0. The molecule has 6 nitrogen and oxygen atoms in total. The highest BCUT2D eigenvalue weighted by Crippen LogP contribution is 2.17. The standard InChI is InChI=1S/C14H12N2O4/c1-15(11-5-3-2-4-6-11)13(17)9-7-12-8-10-14(20-12)16(18)19/h2-10H,1H3. The maximum Gasteiger partial charge on any atom is 0.433 e. The Kier molecular flexibility index (Phi) is 3.95. The summed E-state index contributed by atoms with van der Waals surface area (Å²) in [7, 11) is 1.65. The van der Waals surface area contributed by atoms with Crippen LogP contribution in [0.3, 0.4) is 0 Å². The molecule has 0 atom stereocenters. The number of para-hydroxylation sites is 1. The summed E-state index contributed by atoms with van der Waals surface area (Å²) in [5, 5.41) is 10.5. The van der Waals surface area contributed by atoms with Crippen molar-refractivity contribution in [1.82, 2.24) is 0 Å². The number of hydrogen-bond acceptors (Lipinski definition) is 4. The lowest BCUT2D eigenvalue weighted by atomic mass is 10.3. The lowest BCUT2D eigenvalue weighted by Crippen LogP contribution is -2.23. The molecule has 102 valence electrons. The van der Waals surface area contributed by atoms with E-state index in [1.54, 1.807) is 7.05 Å². The third kappa shape index (κ3) is 3.11. The third-order valence-electron chi connectivity index (χ3n) is 2.66. The first-order valence-electron chi connectivity index (χ1n) is 5.83. The topological polar surface area (TPSA) is 76.6 Å². The van der Waals surface area contributed by atoms with Crippen molar-refractivity contribution in [3.63, 3.8) is 0 Å². The number of carbonyl (C=O) groups is 1. The molecule has 2 rings (SSSR count). The van der Waals surface area contributed by atoms with Crippen LogP contribution in [0.5, 0.6) is 0 Å². The zero-order chi connectivity index (χ0) is 14.5. The van der Waals surface area contributed by atoms with Gasteiger partial charge in [0.05, 0.1) is 6.07 Å². The molecule has 0 bridgehead atoms. The largest absolute Gasteiger partial charge is 0.433 e. The number of hydrogen-bond donors (Lipinski definition) is 0. The first kappa shape index (κ1) is 13.5. The highest BCUT2D eigenvalue weighted by molar-refractivity contribution is 6.03. The Morgan fingerprint density at radius 1 is 1.25 bits per heavy atom. The first-order chi connectivity index (χ1) is 9.58. The van der Waals surface area contributed by atoms with Gasteiger partial charge in [0.15, 0.2) is 0 Å². The Bertz CT molecular complexity index is 646. The molecule has 2 aromatic rings. The van der Waals surface area contributed by atoms with Gasteiger partial charge >= 0.3 is 5.88 Å². The fraction of sp³-hybridized carbons (Fsp3) is 0.0714. The molecule has 0 radical (unpaired) electrons. The van der Waals surface area contributed by atoms with Gasteiger partial charge < -0.3 is 9.32 Å². The minimum atomic E-state index is -0.630. The SMILES string of the molecule is CN(C(=O)C=Cc1ccc([N+](=O)[O-])o1)c1ccccc1. The molecule has 0 saturated heterocycles. The minimum absolute atomic E-state index is 0.254. The molecule has 0 aliphatic carbocycles. The van der Waals surface area contributed by atoms with Crippen LogP contribution in [0.4, 0.5) is 11.6 Å². The number of likely N-dealkylation sites (N-methyl/N-ethyl adjacent to an activating group) is 1. The van der Waals surface area contributed by atoms with Crippen molar-refractivity contribution in [2.45, 2.75) is 0 Å². The summed E-state index contributed by atoms with van der Waals surface area (Å²) in [5.41, 5.74) is 0.757. The molecule has 1 heterocycles. The van der Waals surface area contributed by atoms with Gasteiger partial charge in [-0.05, 0) is 24.3 Å². The monoisotopic (exact) mass is 272 g/mol. The zero-order valence-corrected chi connectivity index (χ0v) is 10.7. The van der Waals surface area contributed by atoms with E-state index in [9.17, 15) is 14.9 Å². The van der Waals surface area contributed by atoms with Crippen LogP contribution >= 0.6 is 0 Å². The van der Waals surface area contributed by atoms with Crippen LogP contribution in [-0.2, 0) is 4.79 Å². The van der Waals surface area contributed by atoms with Crippen LogP contribution in [-0.4, -0.2) is 17.9 Å². The summed E-state index contributed by atoms with van der Waals surface area (Å²) >= 11 is 0. The second-order valence-electron chi connectivity index (χ2n) is 4.00. The number of nitrogens with zero attached hydrogens (tertiary/aromatic N) is 2. The van der Waals surface area contributed by atoms with Crippen molar-refractivity contribution in [2.75, 3.05) is 11.9 Å². The Morgan fingerprint density at radius 2 is 1.95 bits per heavy atom. The van der Waals surface area contributed by atoms with Gasteiger partial charge in [-0.3, -0.25) is 14.9 Å². The van der Waals surface area contributed by atoms with Crippen LogP contribution in [0.2, 0.25) is 0 Å². The van der Waals surface area contributed by atoms with Crippen LogP contribution in [0, 0.1) is 10.1 Å². The fourth-order valence-electron chi connectivity index (χ4n) is 1.57. The highest BCUT2D eigenvalue weighted by Gasteiger charge is 2.11.